The first kappa shape index (κ1) is 10.7. The lowest BCUT2D eigenvalue weighted by Crippen LogP contribution is -2.27. The van der Waals surface area contributed by atoms with Crippen molar-refractivity contribution in [3.63, 3.8) is 0 Å². The molecule has 1 aliphatic heterocycles. The fraction of sp³-hybridized carbons (Fsp3) is 0.538. The fourth-order valence-electron chi connectivity index (χ4n) is 2.59. The topological polar surface area (TPSA) is 42.2 Å². The van der Waals surface area contributed by atoms with Crippen LogP contribution in [0.15, 0.2) is 12.4 Å². The van der Waals surface area contributed by atoms with Gasteiger partial charge in [-0.15, -0.1) is 0 Å². The van der Waals surface area contributed by atoms with E-state index in [4.69, 9.17) is 4.98 Å². The molecule has 1 N–H and O–H groups in total. The summed E-state index contributed by atoms with van der Waals surface area (Å²) < 4.78 is 2.08. The molecule has 4 nitrogen and oxygen atoms in total. The third kappa shape index (κ3) is 1.82. The maximum Gasteiger partial charge on any atom is 0.140 e. The van der Waals surface area contributed by atoms with Gasteiger partial charge in [0.2, 0.25) is 0 Å². The lowest BCUT2D eigenvalue weighted by molar-refractivity contribution is 0.405. The van der Waals surface area contributed by atoms with Gasteiger partial charge in [0.1, 0.15) is 12.0 Å². The molecule has 4 heteroatoms. The first-order valence-electron chi connectivity index (χ1n) is 6.30. The molecule has 0 spiro atoms. The molecule has 2 aromatic heterocycles. The van der Waals surface area contributed by atoms with E-state index >= 15 is 0 Å². The molecule has 2 aromatic rings. The molecule has 0 aliphatic carbocycles. The summed E-state index contributed by atoms with van der Waals surface area (Å²) >= 11 is 0. The largest absolute Gasteiger partial charge is 0.309 e. The van der Waals surface area contributed by atoms with Crippen LogP contribution in [0, 0.1) is 13.8 Å². The summed E-state index contributed by atoms with van der Waals surface area (Å²) in [5, 5.41) is 3.56. The molecule has 1 unspecified atom stereocenters. The Morgan fingerprint density at radius 1 is 1.35 bits per heavy atom. The lowest BCUT2D eigenvalue weighted by atomic mass is 10.0. The number of aromatic nitrogens is 3. The van der Waals surface area contributed by atoms with Crippen LogP contribution < -0.4 is 5.32 Å². The third-order valence-electron chi connectivity index (χ3n) is 3.57. The number of hydrogen-bond donors (Lipinski definition) is 1. The van der Waals surface area contributed by atoms with Gasteiger partial charge in [-0.2, -0.15) is 0 Å². The number of hydrogen-bond acceptors (Lipinski definition) is 3. The molecule has 90 valence electrons. The zero-order valence-electron chi connectivity index (χ0n) is 10.4. The smallest absolute Gasteiger partial charge is 0.140 e. The number of fused-ring (bicyclic) bond motifs is 1. The number of rotatable bonds is 1. The minimum absolute atomic E-state index is 0.420. The molecule has 3 rings (SSSR count). The molecule has 1 atom stereocenters. The molecule has 0 aromatic carbocycles. The van der Waals surface area contributed by atoms with Crippen LogP contribution in [0.25, 0.3) is 5.65 Å². The van der Waals surface area contributed by atoms with Crippen molar-refractivity contribution < 1.29 is 0 Å². The van der Waals surface area contributed by atoms with Gasteiger partial charge in [0.15, 0.2) is 0 Å². The van der Waals surface area contributed by atoms with E-state index in [0.29, 0.717) is 6.04 Å². The summed E-state index contributed by atoms with van der Waals surface area (Å²) in [5.41, 5.74) is 4.44. The summed E-state index contributed by atoms with van der Waals surface area (Å²) in [5.74, 6) is 0. The number of nitrogens with zero attached hydrogens (tertiary/aromatic N) is 3. The molecule has 1 aliphatic rings. The third-order valence-corrected chi connectivity index (χ3v) is 3.57. The van der Waals surface area contributed by atoms with Crippen LogP contribution in [-0.4, -0.2) is 20.9 Å². The van der Waals surface area contributed by atoms with Crippen LogP contribution in [0.1, 0.15) is 42.4 Å². The molecule has 17 heavy (non-hydrogen) atoms. The van der Waals surface area contributed by atoms with E-state index in [1.165, 1.54) is 30.7 Å². The average molecular weight is 230 g/mol. The van der Waals surface area contributed by atoms with E-state index in [2.05, 4.69) is 21.6 Å². The van der Waals surface area contributed by atoms with Gasteiger partial charge >= 0.3 is 0 Å². The van der Waals surface area contributed by atoms with E-state index in [1.807, 2.05) is 19.3 Å². The average Bonchev–Trinajstić information content (AvgIpc) is 2.67. The number of nitrogens with one attached hydrogen (secondary N) is 1. The maximum atomic E-state index is 4.76. The van der Waals surface area contributed by atoms with Crippen molar-refractivity contribution >= 4 is 5.65 Å². The Balaban J connectivity index is 2.07. The Hall–Kier alpha value is -1.42. The Kier molecular flexibility index (Phi) is 2.59. The minimum Gasteiger partial charge on any atom is -0.309 e. The highest BCUT2D eigenvalue weighted by molar-refractivity contribution is 5.44. The van der Waals surface area contributed by atoms with Crippen molar-refractivity contribution in [3.05, 3.63) is 29.5 Å². The lowest BCUT2D eigenvalue weighted by Gasteiger charge is -2.22. The van der Waals surface area contributed by atoms with Crippen LogP contribution in [0.3, 0.4) is 0 Å². The number of aryl methyl sites for hydroxylation is 2. The Bertz CT molecular complexity index is 538. The zero-order chi connectivity index (χ0) is 11.8. The van der Waals surface area contributed by atoms with Crippen molar-refractivity contribution in [2.75, 3.05) is 6.54 Å². The molecule has 1 fully saturated rings. The summed E-state index contributed by atoms with van der Waals surface area (Å²) in [6, 6.07) is 2.46. The van der Waals surface area contributed by atoms with Gasteiger partial charge in [-0.05, 0) is 33.2 Å². The molecular weight excluding hydrogens is 212 g/mol. The standard InChI is InChI=1S/C13H18N4/c1-9-7-12-16-13(10(2)17(12)8-15-9)11-5-3-4-6-14-11/h7-8,11,14H,3-6H2,1-2H3. The maximum absolute atomic E-state index is 4.76. The predicted molar refractivity (Wildman–Crippen MR) is 67.1 cm³/mol. The van der Waals surface area contributed by atoms with Crippen molar-refractivity contribution in [2.45, 2.75) is 39.2 Å². The van der Waals surface area contributed by atoms with E-state index in [1.54, 1.807) is 0 Å². The molecule has 0 saturated carbocycles. The first-order valence-corrected chi connectivity index (χ1v) is 6.30. The van der Waals surface area contributed by atoms with E-state index < -0.39 is 0 Å². The van der Waals surface area contributed by atoms with Gasteiger partial charge in [-0.3, -0.25) is 4.40 Å². The van der Waals surface area contributed by atoms with Crippen molar-refractivity contribution in [1.29, 1.82) is 0 Å². The normalized spacial score (nSPS) is 20.9. The minimum atomic E-state index is 0.420. The second kappa shape index (κ2) is 4.11. The van der Waals surface area contributed by atoms with Crippen LogP contribution >= 0.6 is 0 Å². The molecule has 0 radical (unpaired) electrons. The van der Waals surface area contributed by atoms with Gasteiger partial charge in [-0.25, -0.2) is 9.97 Å². The highest BCUT2D eigenvalue weighted by Gasteiger charge is 2.20. The summed E-state index contributed by atoms with van der Waals surface area (Å²) in [7, 11) is 0. The van der Waals surface area contributed by atoms with Crippen molar-refractivity contribution in [2.24, 2.45) is 0 Å². The molecule has 1 saturated heterocycles. The van der Waals surface area contributed by atoms with Gasteiger partial charge in [0.05, 0.1) is 11.7 Å². The Morgan fingerprint density at radius 2 is 2.24 bits per heavy atom. The summed E-state index contributed by atoms with van der Waals surface area (Å²) in [4.78, 5) is 9.09. The number of piperidine rings is 1. The van der Waals surface area contributed by atoms with Crippen LogP contribution in [-0.2, 0) is 0 Å². The van der Waals surface area contributed by atoms with Crippen LogP contribution in [0.2, 0.25) is 0 Å². The first-order chi connectivity index (χ1) is 8.25. The monoisotopic (exact) mass is 230 g/mol. The van der Waals surface area contributed by atoms with E-state index in [0.717, 1.165) is 17.9 Å². The highest BCUT2D eigenvalue weighted by atomic mass is 15.1. The molecule has 3 heterocycles. The Morgan fingerprint density at radius 3 is 3.00 bits per heavy atom. The fourth-order valence-corrected chi connectivity index (χ4v) is 2.59. The summed E-state index contributed by atoms with van der Waals surface area (Å²) in [6.45, 7) is 5.24. The van der Waals surface area contributed by atoms with E-state index in [9.17, 15) is 0 Å². The number of imidazole rings is 1. The van der Waals surface area contributed by atoms with Crippen molar-refractivity contribution in [1.82, 2.24) is 19.7 Å². The van der Waals surface area contributed by atoms with E-state index in [-0.39, 0.29) is 0 Å². The zero-order valence-corrected chi connectivity index (χ0v) is 10.4. The SMILES string of the molecule is Cc1cc2nc(C3CCCCN3)c(C)n2cn1. The van der Waals surface area contributed by atoms with Crippen LogP contribution in [0.5, 0.6) is 0 Å². The van der Waals surface area contributed by atoms with Crippen LogP contribution in [0.4, 0.5) is 0 Å². The predicted octanol–water partition coefficient (Wildman–Crippen LogP) is 2.16. The van der Waals surface area contributed by atoms with Crippen molar-refractivity contribution in [3.8, 4) is 0 Å². The van der Waals surface area contributed by atoms with Gasteiger partial charge in [-0.1, -0.05) is 6.42 Å². The Labute approximate surface area is 101 Å². The molecular formula is C13H18N4. The summed E-state index contributed by atoms with van der Waals surface area (Å²) in [6.07, 6.45) is 5.64. The second-order valence-corrected chi connectivity index (χ2v) is 4.84. The van der Waals surface area contributed by atoms with Gasteiger partial charge in [0, 0.05) is 17.5 Å². The second-order valence-electron chi connectivity index (χ2n) is 4.84. The molecule has 0 amide bonds. The molecule has 0 bridgehead atoms. The van der Waals surface area contributed by atoms with Gasteiger partial charge in [0.25, 0.3) is 0 Å². The highest BCUT2D eigenvalue weighted by Crippen LogP contribution is 2.25. The quantitative estimate of drug-likeness (QED) is 0.816. The van der Waals surface area contributed by atoms with Gasteiger partial charge < -0.3 is 5.32 Å².